The molecule has 1 N–H and O–H groups in total. The zero-order valence-corrected chi connectivity index (χ0v) is 13.5. The Morgan fingerprint density at radius 1 is 1.35 bits per heavy atom. The van der Waals surface area contributed by atoms with Gasteiger partial charge in [-0.05, 0) is 45.3 Å². The summed E-state index contributed by atoms with van der Waals surface area (Å²) >= 11 is 0. The number of rotatable bonds is 5. The van der Waals surface area contributed by atoms with Crippen molar-refractivity contribution in [1.29, 1.82) is 0 Å². The van der Waals surface area contributed by atoms with Crippen LogP contribution in [0.25, 0.3) is 5.65 Å². The minimum atomic E-state index is -0.188. The second-order valence-corrected chi connectivity index (χ2v) is 5.73. The van der Waals surface area contributed by atoms with Crippen LogP contribution in [-0.2, 0) is 0 Å². The van der Waals surface area contributed by atoms with Crippen molar-refractivity contribution >= 4 is 11.6 Å². The number of hydrogen-bond acceptors (Lipinski definition) is 4. The lowest BCUT2D eigenvalue weighted by Crippen LogP contribution is -2.34. The maximum absolute atomic E-state index is 12.4. The van der Waals surface area contributed by atoms with Gasteiger partial charge in [0.2, 0.25) is 0 Å². The fourth-order valence-corrected chi connectivity index (χ4v) is 2.56. The lowest BCUT2D eigenvalue weighted by atomic mass is 10.2. The Kier molecular flexibility index (Phi) is 4.16. The molecule has 6 heteroatoms. The van der Waals surface area contributed by atoms with Crippen molar-refractivity contribution in [3.63, 3.8) is 0 Å². The fraction of sp³-hybridized carbons (Fsp3) is 0.294. The minimum Gasteiger partial charge on any atom is -0.468 e. The van der Waals surface area contributed by atoms with Crippen LogP contribution in [-0.4, -0.2) is 40.8 Å². The van der Waals surface area contributed by atoms with Gasteiger partial charge in [0.15, 0.2) is 0 Å². The van der Waals surface area contributed by atoms with Crippen molar-refractivity contribution < 1.29 is 9.21 Å². The number of carbonyl (C=O) groups excluding carboxylic acids is 1. The Bertz CT molecular complexity index is 805. The van der Waals surface area contributed by atoms with E-state index in [4.69, 9.17) is 4.42 Å². The Labute approximate surface area is 134 Å². The van der Waals surface area contributed by atoms with Crippen molar-refractivity contribution in [2.24, 2.45) is 0 Å². The average molecular weight is 312 g/mol. The molecule has 0 bridgehead atoms. The van der Waals surface area contributed by atoms with Crippen LogP contribution in [0.3, 0.4) is 0 Å². The molecule has 0 aromatic carbocycles. The van der Waals surface area contributed by atoms with Gasteiger partial charge in [0.25, 0.3) is 5.91 Å². The molecule has 0 unspecified atom stereocenters. The molecule has 0 saturated heterocycles. The third-order valence-corrected chi connectivity index (χ3v) is 3.88. The van der Waals surface area contributed by atoms with E-state index in [0.29, 0.717) is 12.2 Å². The first-order valence-electron chi connectivity index (χ1n) is 7.49. The quantitative estimate of drug-likeness (QED) is 0.785. The second-order valence-electron chi connectivity index (χ2n) is 5.73. The summed E-state index contributed by atoms with van der Waals surface area (Å²) in [6, 6.07) is 9.53. The molecule has 3 aromatic rings. The molecule has 0 aliphatic heterocycles. The molecule has 0 spiro atoms. The molecule has 1 amide bonds. The summed E-state index contributed by atoms with van der Waals surface area (Å²) in [5.74, 6) is 0.632. The predicted octanol–water partition coefficient (Wildman–Crippen LogP) is 2.27. The van der Waals surface area contributed by atoms with E-state index in [1.165, 1.54) is 0 Å². The molecule has 6 nitrogen and oxygen atoms in total. The molecular weight excluding hydrogens is 292 g/mol. The molecule has 0 fully saturated rings. The fourth-order valence-electron chi connectivity index (χ4n) is 2.56. The number of nitrogens with one attached hydrogen (secondary N) is 1. The summed E-state index contributed by atoms with van der Waals surface area (Å²) in [5.41, 5.74) is 2.22. The van der Waals surface area contributed by atoms with E-state index in [-0.39, 0.29) is 11.9 Å². The summed E-state index contributed by atoms with van der Waals surface area (Å²) < 4.78 is 7.35. The van der Waals surface area contributed by atoms with E-state index in [0.717, 1.165) is 17.1 Å². The maximum Gasteiger partial charge on any atom is 0.271 e. The highest BCUT2D eigenvalue weighted by atomic mass is 16.3. The van der Waals surface area contributed by atoms with Gasteiger partial charge in [0.05, 0.1) is 12.3 Å². The van der Waals surface area contributed by atoms with E-state index < -0.39 is 0 Å². The minimum absolute atomic E-state index is 0.0206. The van der Waals surface area contributed by atoms with Crippen molar-refractivity contribution in [3.05, 3.63) is 59.9 Å². The van der Waals surface area contributed by atoms with Gasteiger partial charge in [-0.2, -0.15) is 0 Å². The Morgan fingerprint density at radius 3 is 2.83 bits per heavy atom. The second kappa shape index (κ2) is 6.26. The van der Waals surface area contributed by atoms with Crippen molar-refractivity contribution in [2.75, 3.05) is 20.6 Å². The van der Waals surface area contributed by atoms with Gasteiger partial charge in [-0.15, -0.1) is 0 Å². The van der Waals surface area contributed by atoms with Crippen molar-refractivity contribution in [2.45, 2.75) is 13.0 Å². The van der Waals surface area contributed by atoms with E-state index in [1.807, 2.05) is 60.7 Å². The molecule has 3 heterocycles. The topological polar surface area (TPSA) is 62.8 Å². The zero-order chi connectivity index (χ0) is 16.4. The monoisotopic (exact) mass is 312 g/mol. The van der Waals surface area contributed by atoms with Crippen LogP contribution >= 0.6 is 0 Å². The molecule has 120 valence electrons. The molecule has 0 radical (unpaired) electrons. The first-order valence-corrected chi connectivity index (χ1v) is 7.49. The summed E-state index contributed by atoms with van der Waals surface area (Å²) in [4.78, 5) is 18.8. The molecule has 0 saturated carbocycles. The van der Waals surface area contributed by atoms with Crippen molar-refractivity contribution in [1.82, 2.24) is 19.6 Å². The van der Waals surface area contributed by atoms with Crippen LogP contribution in [0.2, 0.25) is 0 Å². The molecule has 0 aliphatic carbocycles. The Balaban J connectivity index is 1.74. The zero-order valence-electron chi connectivity index (χ0n) is 13.5. The van der Waals surface area contributed by atoms with Gasteiger partial charge in [0, 0.05) is 18.4 Å². The number of aromatic nitrogens is 2. The third-order valence-electron chi connectivity index (χ3n) is 3.88. The third kappa shape index (κ3) is 3.12. The van der Waals surface area contributed by atoms with Gasteiger partial charge in [0.1, 0.15) is 17.1 Å². The largest absolute Gasteiger partial charge is 0.468 e. The highest BCUT2D eigenvalue weighted by Gasteiger charge is 2.19. The number of fused-ring (bicyclic) bond motifs is 1. The van der Waals surface area contributed by atoms with Gasteiger partial charge in [-0.3, -0.25) is 9.69 Å². The van der Waals surface area contributed by atoms with Crippen LogP contribution in [0.5, 0.6) is 0 Å². The average Bonchev–Trinajstić information content (AvgIpc) is 3.16. The molecule has 23 heavy (non-hydrogen) atoms. The number of amides is 1. The Hall–Kier alpha value is -2.60. The van der Waals surface area contributed by atoms with Crippen molar-refractivity contribution in [3.8, 4) is 0 Å². The smallest absolute Gasteiger partial charge is 0.271 e. The maximum atomic E-state index is 12.4. The number of hydrogen-bond donors (Lipinski definition) is 1. The number of carbonyl (C=O) groups is 1. The van der Waals surface area contributed by atoms with Gasteiger partial charge in [-0.25, -0.2) is 4.98 Å². The number of imidazole rings is 1. The molecule has 3 rings (SSSR count). The van der Waals surface area contributed by atoms with E-state index in [2.05, 4.69) is 10.3 Å². The molecular formula is C17H20N4O2. The predicted molar refractivity (Wildman–Crippen MR) is 87.4 cm³/mol. The van der Waals surface area contributed by atoms with E-state index >= 15 is 0 Å². The van der Waals surface area contributed by atoms with Crippen LogP contribution in [0.1, 0.15) is 28.0 Å². The summed E-state index contributed by atoms with van der Waals surface area (Å²) in [6.07, 6.45) is 3.40. The van der Waals surface area contributed by atoms with Gasteiger partial charge < -0.3 is 14.1 Å². The highest BCUT2D eigenvalue weighted by molar-refractivity contribution is 5.92. The summed E-state index contributed by atoms with van der Waals surface area (Å²) in [7, 11) is 3.90. The van der Waals surface area contributed by atoms with E-state index in [9.17, 15) is 4.79 Å². The number of likely N-dealkylation sites (N-methyl/N-ethyl adjacent to an activating group) is 1. The van der Waals surface area contributed by atoms with Crippen LogP contribution in [0, 0.1) is 6.92 Å². The lowest BCUT2D eigenvalue weighted by molar-refractivity contribution is 0.0934. The van der Waals surface area contributed by atoms with Crippen LogP contribution < -0.4 is 5.32 Å². The number of furan rings is 1. The van der Waals surface area contributed by atoms with E-state index in [1.54, 1.807) is 12.5 Å². The van der Waals surface area contributed by atoms with Gasteiger partial charge >= 0.3 is 0 Å². The number of nitrogens with zero attached hydrogens (tertiary/aromatic N) is 3. The summed E-state index contributed by atoms with van der Waals surface area (Å²) in [6.45, 7) is 2.43. The SMILES string of the molecule is Cc1cccc2nc(C(=O)NC[C@@H](c3ccco3)N(C)C)cn12. The first kappa shape index (κ1) is 15.3. The van der Waals surface area contributed by atoms with Crippen LogP contribution in [0.4, 0.5) is 0 Å². The lowest BCUT2D eigenvalue weighted by Gasteiger charge is -2.22. The summed E-state index contributed by atoms with van der Waals surface area (Å²) in [5, 5.41) is 2.93. The van der Waals surface area contributed by atoms with Crippen LogP contribution in [0.15, 0.2) is 47.2 Å². The first-order chi connectivity index (χ1) is 11.1. The number of pyridine rings is 1. The molecule has 0 aliphatic rings. The van der Waals surface area contributed by atoms with Gasteiger partial charge in [-0.1, -0.05) is 6.07 Å². The number of aryl methyl sites for hydroxylation is 1. The highest BCUT2D eigenvalue weighted by Crippen LogP contribution is 2.17. The Morgan fingerprint density at radius 2 is 2.17 bits per heavy atom. The molecule has 1 atom stereocenters. The normalized spacial score (nSPS) is 12.7. The molecule has 3 aromatic heterocycles. The standard InChI is InChI=1S/C17H20N4O2/c1-12-6-4-8-16-19-13(11-21(12)16)17(22)18-10-14(20(2)3)15-7-5-9-23-15/h4-9,11,14H,10H2,1-3H3,(H,18,22)/t14-/m0/s1.